The van der Waals surface area contributed by atoms with Crippen LogP contribution in [-0.4, -0.2) is 54.0 Å². The van der Waals surface area contributed by atoms with E-state index in [9.17, 15) is 14.0 Å². The minimum Gasteiger partial charge on any atom is -0.491 e. The molecule has 0 bridgehead atoms. The average molecular weight is 434 g/mol. The number of carbonyl (C=O) groups is 2. The molecule has 0 aliphatic carbocycles. The van der Waals surface area contributed by atoms with Gasteiger partial charge in [0.15, 0.2) is 0 Å². The molecule has 30 heavy (non-hydrogen) atoms. The third-order valence-corrected chi connectivity index (χ3v) is 6.13. The van der Waals surface area contributed by atoms with Gasteiger partial charge in [-0.25, -0.2) is 9.18 Å². The Kier molecular flexibility index (Phi) is 7.31. The molecule has 2 heterocycles. The van der Waals surface area contributed by atoms with Crippen LogP contribution in [0.3, 0.4) is 0 Å². The van der Waals surface area contributed by atoms with Crippen molar-refractivity contribution < 1.29 is 18.7 Å². The molecule has 1 unspecified atom stereocenters. The molecule has 3 rings (SSSR count). The molecule has 8 heteroatoms. The SMILES string of the molecule is CCNC(=O)N(CC(=O)N1CCc2sccc2C1COc1cccc(F)c1)C(C)C. The van der Waals surface area contributed by atoms with Crippen LogP contribution in [-0.2, 0) is 11.2 Å². The van der Waals surface area contributed by atoms with Gasteiger partial charge in [0.25, 0.3) is 0 Å². The molecule has 6 nitrogen and oxygen atoms in total. The predicted octanol–water partition coefficient (Wildman–Crippen LogP) is 3.83. The van der Waals surface area contributed by atoms with Crippen molar-refractivity contribution in [3.05, 3.63) is 52.0 Å². The number of thiophene rings is 1. The van der Waals surface area contributed by atoms with Crippen LogP contribution in [0.15, 0.2) is 35.7 Å². The van der Waals surface area contributed by atoms with Gasteiger partial charge in [-0.05, 0) is 56.3 Å². The van der Waals surface area contributed by atoms with Gasteiger partial charge < -0.3 is 19.9 Å². The second-order valence-electron chi connectivity index (χ2n) is 7.48. The highest BCUT2D eigenvalue weighted by Crippen LogP contribution is 2.34. The minimum atomic E-state index is -0.366. The smallest absolute Gasteiger partial charge is 0.318 e. The number of amides is 3. The molecule has 1 aliphatic heterocycles. The van der Waals surface area contributed by atoms with E-state index < -0.39 is 0 Å². The lowest BCUT2D eigenvalue weighted by Gasteiger charge is -2.37. The fourth-order valence-electron chi connectivity index (χ4n) is 3.58. The molecular weight excluding hydrogens is 405 g/mol. The molecule has 1 N–H and O–H groups in total. The van der Waals surface area contributed by atoms with Crippen LogP contribution in [0.25, 0.3) is 0 Å². The Morgan fingerprint density at radius 2 is 2.17 bits per heavy atom. The van der Waals surface area contributed by atoms with Crippen molar-refractivity contribution >= 4 is 23.3 Å². The Labute approximate surface area is 180 Å². The fourth-order valence-corrected chi connectivity index (χ4v) is 4.51. The van der Waals surface area contributed by atoms with Crippen LogP contribution in [0, 0.1) is 5.82 Å². The summed E-state index contributed by atoms with van der Waals surface area (Å²) in [7, 11) is 0. The first-order chi connectivity index (χ1) is 14.4. The molecule has 0 saturated heterocycles. The Balaban J connectivity index is 1.77. The molecular formula is C22H28FN3O3S. The number of hydrogen-bond acceptors (Lipinski definition) is 4. The molecule has 1 aromatic carbocycles. The van der Waals surface area contributed by atoms with E-state index in [0.717, 1.165) is 12.0 Å². The average Bonchev–Trinajstić information content (AvgIpc) is 3.19. The predicted molar refractivity (Wildman–Crippen MR) is 115 cm³/mol. The van der Waals surface area contributed by atoms with E-state index in [1.54, 1.807) is 33.3 Å². The van der Waals surface area contributed by atoms with E-state index in [2.05, 4.69) is 5.32 Å². The van der Waals surface area contributed by atoms with Crippen LogP contribution in [0.4, 0.5) is 9.18 Å². The van der Waals surface area contributed by atoms with Crippen molar-refractivity contribution in [3.8, 4) is 5.75 Å². The Hall–Kier alpha value is -2.61. The number of nitrogens with one attached hydrogen (secondary N) is 1. The van der Waals surface area contributed by atoms with E-state index in [4.69, 9.17) is 4.74 Å². The van der Waals surface area contributed by atoms with Gasteiger partial charge in [-0.3, -0.25) is 4.79 Å². The second kappa shape index (κ2) is 9.93. The highest BCUT2D eigenvalue weighted by molar-refractivity contribution is 7.10. The zero-order valence-corrected chi connectivity index (χ0v) is 18.4. The van der Waals surface area contributed by atoms with E-state index in [1.165, 1.54) is 17.0 Å². The Morgan fingerprint density at radius 3 is 2.87 bits per heavy atom. The maximum absolute atomic E-state index is 13.5. The largest absolute Gasteiger partial charge is 0.491 e. The molecule has 0 saturated carbocycles. The summed E-state index contributed by atoms with van der Waals surface area (Å²) in [5.41, 5.74) is 1.06. The standard InChI is InChI=1S/C22H28FN3O3S/c1-4-24-22(28)26(15(2)3)13-21(27)25-10-8-20-18(9-11-30-20)19(25)14-29-17-7-5-6-16(23)12-17/h5-7,9,11-12,15,19H,4,8,10,13-14H2,1-3H3,(H,24,28). The highest BCUT2D eigenvalue weighted by Gasteiger charge is 2.34. The van der Waals surface area contributed by atoms with E-state index in [1.807, 2.05) is 32.2 Å². The summed E-state index contributed by atoms with van der Waals surface area (Å²) in [6.07, 6.45) is 0.776. The molecule has 162 valence electrons. The number of benzene rings is 1. The van der Waals surface area contributed by atoms with Crippen molar-refractivity contribution in [1.82, 2.24) is 15.1 Å². The number of urea groups is 1. The normalized spacial score (nSPS) is 15.6. The van der Waals surface area contributed by atoms with Gasteiger partial charge in [-0.1, -0.05) is 6.07 Å². The summed E-state index contributed by atoms with van der Waals surface area (Å²) in [5, 5.41) is 4.78. The van der Waals surface area contributed by atoms with Crippen LogP contribution in [0.5, 0.6) is 5.75 Å². The van der Waals surface area contributed by atoms with E-state index in [-0.39, 0.29) is 43.0 Å². The summed E-state index contributed by atoms with van der Waals surface area (Å²) < 4.78 is 19.3. The van der Waals surface area contributed by atoms with Gasteiger partial charge in [0.1, 0.15) is 24.7 Å². The molecule has 2 aromatic rings. The van der Waals surface area contributed by atoms with Crippen LogP contribution < -0.4 is 10.1 Å². The fraction of sp³-hybridized carbons (Fsp3) is 0.455. The zero-order valence-electron chi connectivity index (χ0n) is 17.6. The van der Waals surface area contributed by atoms with Crippen molar-refractivity contribution in [1.29, 1.82) is 0 Å². The third kappa shape index (κ3) is 5.11. The number of ether oxygens (including phenoxy) is 1. The van der Waals surface area contributed by atoms with Gasteiger partial charge in [0, 0.05) is 30.1 Å². The monoisotopic (exact) mass is 433 g/mol. The quantitative estimate of drug-likeness (QED) is 0.722. The van der Waals surface area contributed by atoms with Gasteiger partial charge in [-0.2, -0.15) is 0 Å². The molecule has 0 spiro atoms. The van der Waals surface area contributed by atoms with Gasteiger partial charge >= 0.3 is 6.03 Å². The maximum Gasteiger partial charge on any atom is 0.318 e. The van der Waals surface area contributed by atoms with Crippen LogP contribution >= 0.6 is 11.3 Å². The minimum absolute atomic E-state index is 0.000560. The van der Waals surface area contributed by atoms with Gasteiger partial charge in [0.05, 0.1) is 6.04 Å². The Bertz CT molecular complexity index is 886. The summed E-state index contributed by atoms with van der Waals surface area (Å²) in [6.45, 7) is 6.91. The number of fused-ring (bicyclic) bond motifs is 1. The molecule has 3 amide bonds. The first kappa shape index (κ1) is 22.1. The maximum atomic E-state index is 13.5. The van der Waals surface area contributed by atoms with Gasteiger partial charge in [-0.15, -0.1) is 11.3 Å². The lowest BCUT2D eigenvalue weighted by Crippen LogP contribution is -2.51. The number of halogens is 1. The topological polar surface area (TPSA) is 61.9 Å². The summed E-state index contributed by atoms with van der Waals surface area (Å²) in [6, 6.07) is 7.37. The molecule has 0 fully saturated rings. The third-order valence-electron chi connectivity index (χ3n) is 5.14. The first-order valence-corrected chi connectivity index (χ1v) is 11.1. The van der Waals surface area contributed by atoms with Gasteiger partial charge in [0.2, 0.25) is 5.91 Å². The highest BCUT2D eigenvalue weighted by atomic mass is 32.1. The van der Waals surface area contributed by atoms with E-state index in [0.29, 0.717) is 18.8 Å². The summed E-state index contributed by atoms with van der Waals surface area (Å²) >= 11 is 1.67. The molecule has 1 aromatic heterocycles. The molecule has 1 aliphatic rings. The number of rotatable bonds is 7. The number of hydrogen-bond donors (Lipinski definition) is 1. The number of carbonyl (C=O) groups excluding carboxylic acids is 2. The van der Waals surface area contributed by atoms with Crippen molar-refractivity contribution in [2.24, 2.45) is 0 Å². The summed E-state index contributed by atoms with van der Waals surface area (Å²) in [4.78, 5) is 30.1. The Morgan fingerprint density at radius 1 is 1.37 bits per heavy atom. The zero-order chi connectivity index (χ0) is 21.7. The van der Waals surface area contributed by atoms with Crippen molar-refractivity contribution in [3.63, 3.8) is 0 Å². The molecule has 0 radical (unpaired) electrons. The summed E-state index contributed by atoms with van der Waals surface area (Å²) in [5.74, 6) is -0.0645. The second-order valence-corrected chi connectivity index (χ2v) is 8.48. The first-order valence-electron chi connectivity index (χ1n) is 10.2. The lowest BCUT2D eigenvalue weighted by atomic mass is 10.0. The van der Waals surface area contributed by atoms with Crippen molar-refractivity contribution in [2.75, 3.05) is 26.2 Å². The van der Waals surface area contributed by atoms with Crippen LogP contribution in [0.1, 0.15) is 37.3 Å². The van der Waals surface area contributed by atoms with Crippen LogP contribution in [0.2, 0.25) is 0 Å². The van der Waals surface area contributed by atoms with E-state index >= 15 is 0 Å². The lowest BCUT2D eigenvalue weighted by molar-refractivity contribution is -0.135. The van der Waals surface area contributed by atoms with Crippen molar-refractivity contribution in [2.45, 2.75) is 39.3 Å². The molecule has 1 atom stereocenters. The number of nitrogens with zero attached hydrogens (tertiary/aromatic N) is 2.